The van der Waals surface area contributed by atoms with E-state index in [-0.39, 0.29) is 24.1 Å². The highest BCUT2D eigenvalue weighted by Crippen LogP contribution is 2.25. The molecule has 2 aromatic heterocycles. The van der Waals surface area contributed by atoms with Crippen LogP contribution in [0.15, 0.2) is 68.6 Å². The highest BCUT2D eigenvalue weighted by Gasteiger charge is 2.22. The fourth-order valence-corrected chi connectivity index (χ4v) is 3.46. The second-order valence-corrected chi connectivity index (χ2v) is 7.18. The van der Waals surface area contributed by atoms with Gasteiger partial charge in [-0.2, -0.15) is 0 Å². The third-order valence-corrected chi connectivity index (χ3v) is 4.84. The molecule has 2 heterocycles. The van der Waals surface area contributed by atoms with Crippen molar-refractivity contribution in [2.75, 3.05) is 0 Å². The van der Waals surface area contributed by atoms with Gasteiger partial charge in [0.15, 0.2) is 0 Å². The van der Waals surface area contributed by atoms with Crippen molar-refractivity contribution >= 4 is 28.0 Å². The molecule has 148 valence electrons. The number of fused-ring (bicyclic) bond motifs is 3. The van der Waals surface area contributed by atoms with E-state index >= 15 is 0 Å². The molecule has 7 heteroatoms. The lowest BCUT2D eigenvalue weighted by molar-refractivity contribution is -0.121. The molecular formula is C22H21N3O4. The molecule has 0 aliphatic carbocycles. The van der Waals surface area contributed by atoms with Gasteiger partial charge in [0, 0.05) is 18.0 Å². The summed E-state index contributed by atoms with van der Waals surface area (Å²) in [7, 11) is 0. The molecule has 0 fully saturated rings. The Morgan fingerprint density at radius 2 is 1.72 bits per heavy atom. The predicted molar refractivity (Wildman–Crippen MR) is 111 cm³/mol. The number of amides is 1. The number of nitrogens with one attached hydrogen (secondary N) is 1. The summed E-state index contributed by atoms with van der Waals surface area (Å²) >= 11 is 0. The van der Waals surface area contributed by atoms with E-state index in [0.29, 0.717) is 23.0 Å². The van der Waals surface area contributed by atoms with Gasteiger partial charge in [0.1, 0.15) is 17.6 Å². The summed E-state index contributed by atoms with van der Waals surface area (Å²) < 4.78 is 8.20. The molecule has 7 nitrogen and oxygen atoms in total. The van der Waals surface area contributed by atoms with E-state index in [2.05, 4.69) is 5.32 Å². The first-order valence-electron chi connectivity index (χ1n) is 9.44. The Morgan fingerprint density at radius 3 is 2.45 bits per heavy atom. The molecule has 0 radical (unpaired) electrons. The van der Waals surface area contributed by atoms with Crippen molar-refractivity contribution in [3.8, 4) is 0 Å². The number of furan rings is 1. The maximum absolute atomic E-state index is 13.1. The first kappa shape index (κ1) is 18.7. The van der Waals surface area contributed by atoms with Crippen molar-refractivity contribution in [1.29, 1.82) is 0 Å². The van der Waals surface area contributed by atoms with Gasteiger partial charge in [-0.25, -0.2) is 4.79 Å². The fourth-order valence-electron chi connectivity index (χ4n) is 3.46. The quantitative estimate of drug-likeness (QED) is 0.567. The van der Waals surface area contributed by atoms with Crippen LogP contribution >= 0.6 is 0 Å². The summed E-state index contributed by atoms with van der Waals surface area (Å²) in [5.74, 6) is -0.323. The fraction of sp³-hybridized carbons (Fsp3) is 0.227. The van der Waals surface area contributed by atoms with Crippen molar-refractivity contribution in [3.63, 3.8) is 0 Å². The van der Waals surface area contributed by atoms with Crippen LogP contribution in [0.5, 0.6) is 0 Å². The number of hydrogen-bond donors (Lipinski definition) is 1. The van der Waals surface area contributed by atoms with Crippen LogP contribution in [0.25, 0.3) is 22.1 Å². The molecule has 1 amide bonds. The van der Waals surface area contributed by atoms with Crippen LogP contribution in [-0.4, -0.2) is 15.0 Å². The third kappa shape index (κ3) is 3.35. The topological polar surface area (TPSA) is 86.2 Å². The Kier molecular flexibility index (Phi) is 4.80. The van der Waals surface area contributed by atoms with E-state index in [4.69, 9.17) is 4.42 Å². The van der Waals surface area contributed by atoms with Crippen molar-refractivity contribution in [3.05, 3.63) is 81.0 Å². The lowest BCUT2D eigenvalue weighted by atomic mass is 10.2. The number of hydrogen-bond acceptors (Lipinski definition) is 4. The van der Waals surface area contributed by atoms with Crippen molar-refractivity contribution in [1.82, 2.24) is 14.5 Å². The molecule has 0 saturated heterocycles. The van der Waals surface area contributed by atoms with Crippen molar-refractivity contribution < 1.29 is 9.21 Å². The number of carbonyl (C=O) groups is 1. The van der Waals surface area contributed by atoms with Crippen LogP contribution in [0.2, 0.25) is 0 Å². The van der Waals surface area contributed by atoms with E-state index < -0.39 is 11.2 Å². The van der Waals surface area contributed by atoms with Crippen LogP contribution in [0.4, 0.5) is 0 Å². The number of benzene rings is 2. The SMILES string of the molecule is CC(C)n1c(=O)c2oc3ccccc3c2n(CC(=O)NCc2ccccc2)c1=O. The second kappa shape index (κ2) is 7.43. The number of para-hydroxylation sites is 1. The first-order valence-corrected chi connectivity index (χ1v) is 9.44. The van der Waals surface area contributed by atoms with Crippen LogP contribution < -0.4 is 16.6 Å². The average molecular weight is 391 g/mol. The van der Waals surface area contributed by atoms with E-state index in [9.17, 15) is 14.4 Å². The van der Waals surface area contributed by atoms with Crippen LogP contribution in [0, 0.1) is 0 Å². The molecule has 0 aliphatic rings. The lowest BCUT2D eigenvalue weighted by Gasteiger charge is -2.14. The van der Waals surface area contributed by atoms with Crippen molar-refractivity contribution in [2.24, 2.45) is 0 Å². The summed E-state index contributed by atoms with van der Waals surface area (Å²) in [4.78, 5) is 38.6. The maximum atomic E-state index is 13.1. The molecule has 0 saturated carbocycles. The minimum atomic E-state index is -0.529. The molecule has 2 aromatic carbocycles. The summed E-state index contributed by atoms with van der Waals surface area (Å²) in [5.41, 5.74) is 0.868. The van der Waals surface area contributed by atoms with Crippen LogP contribution in [0.1, 0.15) is 25.5 Å². The van der Waals surface area contributed by atoms with Gasteiger partial charge in [-0.05, 0) is 31.5 Å². The molecule has 0 bridgehead atoms. The minimum Gasteiger partial charge on any atom is -0.449 e. The Morgan fingerprint density at radius 1 is 1.03 bits per heavy atom. The Balaban J connectivity index is 1.81. The minimum absolute atomic E-state index is 0.0790. The molecular weight excluding hydrogens is 370 g/mol. The van der Waals surface area contributed by atoms with E-state index in [0.717, 1.165) is 10.1 Å². The molecule has 0 atom stereocenters. The monoisotopic (exact) mass is 391 g/mol. The molecule has 1 N–H and O–H groups in total. The van der Waals surface area contributed by atoms with Crippen LogP contribution in [-0.2, 0) is 17.9 Å². The average Bonchev–Trinajstić information content (AvgIpc) is 3.10. The zero-order valence-electron chi connectivity index (χ0n) is 16.2. The molecule has 0 aliphatic heterocycles. The first-order chi connectivity index (χ1) is 14.0. The zero-order chi connectivity index (χ0) is 20.5. The molecule has 4 rings (SSSR count). The smallest absolute Gasteiger partial charge is 0.332 e. The third-order valence-electron chi connectivity index (χ3n) is 4.84. The predicted octanol–water partition coefficient (Wildman–Crippen LogP) is 2.81. The Bertz CT molecular complexity index is 1310. The second-order valence-electron chi connectivity index (χ2n) is 7.18. The van der Waals surface area contributed by atoms with Crippen molar-refractivity contribution in [2.45, 2.75) is 33.0 Å². The van der Waals surface area contributed by atoms with Gasteiger partial charge in [-0.1, -0.05) is 42.5 Å². The normalized spacial score (nSPS) is 11.4. The number of rotatable bonds is 5. The van der Waals surface area contributed by atoms with E-state index in [1.165, 1.54) is 4.57 Å². The Labute approximate surface area is 166 Å². The van der Waals surface area contributed by atoms with Gasteiger partial charge < -0.3 is 9.73 Å². The summed E-state index contributed by atoms with van der Waals surface area (Å²) in [6, 6.07) is 16.2. The molecule has 4 aromatic rings. The number of aromatic nitrogens is 2. The van der Waals surface area contributed by atoms with E-state index in [1.54, 1.807) is 38.1 Å². The largest absolute Gasteiger partial charge is 0.449 e. The number of carbonyl (C=O) groups excluding carboxylic acids is 1. The summed E-state index contributed by atoms with van der Waals surface area (Å²) in [6.45, 7) is 3.64. The molecule has 29 heavy (non-hydrogen) atoms. The van der Waals surface area contributed by atoms with Gasteiger partial charge in [0.25, 0.3) is 5.56 Å². The molecule has 0 spiro atoms. The highest BCUT2D eigenvalue weighted by molar-refractivity contribution is 6.02. The Hall–Kier alpha value is -3.61. The zero-order valence-corrected chi connectivity index (χ0v) is 16.2. The van der Waals surface area contributed by atoms with Gasteiger partial charge >= 0.3 is 5.69 Å². The van der Waals surface area contributed by atoms with Gasteiger partial charge in [0.2, 0.25) is 11.5 Å². The lowest BCUT2D eigenvalue weighted by Crippen LogP contribution is -2.43. The molecule has 0 unspecified atom stereocenters. The van der Waals surface area contributed by atoms with Crippen LogP contribution in [0.3, 0.4) is 0 Å². The maximum Gasteiger partial charge on any atom is 0.332 e. The standard InChI is InChI=1S/C22H21N3O4/c1-14(2)25-21(27)20-19(16-10-6-7-11-17(16)29-20)24(22(25)28)13-18(26)23-12-15-8-4-3-5-9-15/h3-11,14H,12-13H2,1-2H3,(H,23,26). The summed E-state index contributed by atoms with van der Waals surface area (Å²) in [6.07, 6.45) is 0. The summed E-state index contributed by atoms with van der Waals surface area (Å²) in [5, 5.41) is 3.45. The van der Waals surface area contributed by atoms with Gasteiger partial charge in [-0.3, -0.25) is 18.7 Å². The van der Waals surface area contributed by atoms with E-state index in [1.807, 2.05) is 30.3 Å². The van der Waals surface area contributed by atoms with Gasteiger partial charge in [-0.15, -0.1) is 0 Å². The highest BCUT2D eigenvalue weighted by atomic mass is 16.3. The van der Waals surface area contributed by atoms with Gasteiger partial charge in [0.05, 0.1) is 0 Å². The number of nitrogens with zero attached hydrogens (tertiary/aromatic N) is 2.